The number of esters is 1. The Morgan fingerprint density at radius 2 is 1.67 bits per heavy atom. The molecule has 0 radical (unpaired) electrons. The van der Waals surface area contributed by atoms with Crippen molar-refractivity contribution in [1.82, 2.24) is 0 Å². The average Bonchev–Trinajstić information content (AvgIpc) is 3.03. The van der Waals surface area contributed by atoms with Crippen molar-refractivity contribution in [2.45, 2.75) is 13.3 Å². The Labute approximate surface area is 174 Å². The molecule has 1 saturated heterocycles. The predicted molar refractivity (Wildman–Crippen MR) is 110 cm³/mol. The third-order valence-corrected chi connectivity index (χ3v) is 5.66. The van der Waals surface area contributed by atoms with Gasteiger partial charge in [0, 0.05) is 5.56 Å². The quantitative estimate of drug-likeness (QED) is 0.331. The van der Waals surface area contributed by atoms with E-state index < -0.39 is 5.97 Å². The first-order valence-corrected chi connectivity index (χ1v) is 9.87. The zero-order chi connectivity index (χ0) is 21.3. The molecule has 6 heteroatoms. The van der Waals surface area contributed by atoms with Crippen LogP contribution in [0.5, 0.6) is 0 Å². The lowest BCUT2D eigenvalue weighted by atomic mass is 9.78. The summed E-state index contributed by atoms with van der Waals surface area (Å²) in [6, 6.07) is 14.7. The Bertz CT molecular complexity index is 1030. The van der Waals surface area contributed by atoms with Gasteiger partial charge in [0.2, 0.25) is 11.8 Å². The highest BCUT2D eigenvalue weighted by molar-refractivity contribution is 6.22. The van der Waals surface area contributed by atoms with Crippen LogP contribution in [0, 0.1) is 17.8 Å². The summed E-state index contributed by atoms with van der Waals surface area (Å²) < 4.78 is 5.10. The van der Waals surface area contributed by atoms with Crippen LogP contribution in [-0.2, 0) is 14.3 Å². The molecule has 2 aromatic carbocycles. The second kappa shape index (κ2) is 8.06. The fourth-order valence-corrected chi connectivity index (χ4v) is 4.07. The third-order valence-electron chi connectivity index (χ3n) is 5.66. The fourth-order valence-electron chi connectivity index (χ4n) is 4.07. The zero-order valence-electron chi connectivity index (χ0n) is 16.5. The van der Waals surface area contributed by atoms with Gasteiger partial charge in [-0.25, -0.2) is 4.79 Å². The molecule has 0 aromatic heterocycles. The molecule has 0 saturated carbocycles. The van der Waals surface area contributed by atoms with Gasteiger partial charge in [0.05, 0.1) is 23.1 Å². The van der Waals surface area contributed by atoms with Crippen molar-refractivity contribution in [2.24, 2.45) is 17.8 Å². The maximum atomic E-state index is 12.8. The molecule has 152 valence electrons. The molecule has 2 aliphatic rings. The molecule has 1 fully saturated rings. The minimum absolute atomic E-state index is 0.0154. The summed E-state index contributed by atoms with van der Waals surface area (Å²) in [6.07, 6.45) is 4.50. The van der Waals surface area contributed by atoms with Gasteiger partial charge in [-0.3, -0.25) is 19.3 Å². The largest absolute Gasteiger partial charge is 0.454 e. The van der Waals surface area contributed by atoms with Gasteiger partial charge < -0.3 is 4.74 Å². The lowest BCUT2D eigenvalue weighted by Crippen LogP contribution is -2.31. The van der Waals surface area contributed by atoms with E-state index in [1.54, 1.807) is 42.5 Å². The van der Waals surface area contributed by atoms with Gasteiger partial charge in [-0.05, 0) is 36.6 Å². The zero-order valence-corrected chi connectivity index (χ0v) is 16.5. The van der Waals surface area contributed by atoms with E-state index in [1.165, 1.54) is 17.0 Å². The number of nitrogens with zero attached hydrogens (tertiary/aromatic N) is 1. The van der Waals surface area contributed by atoms with Crippen LogP contribution in [0.15, 0.2) is 66.7 Å². The molecule has 0 bridgehead atoms. The third kappa shape index (κ3) is 3.56. The van der Waals surface area contributed by atoms with Crippen molar-refractivity contribution in [3.05, 3.63) is 77.9 Å². The summed E-state index contributed by atoms with van der Waals surface area (Å²) in [5, 5.41) is 0. The predicted octanol–water partition coefficient (Wildman–Crippen LogP) is 3.43. The van der Waals surface area contributed by atoms with Crippen LogP contribution < -0.4 is 4.90 Å². The van der Waals surface area contributed by atoms with Gasteiger partial charge in [0.1, 0.15) is 0 Å². The lowest BCUT2D eigenvalue weighted by molar-refractivity contribution is -0.122. The van der Waals surface area contributed by atoms with Gasteiger partial charge in [0.25, 0.3) is 0 Å². The maximum absolute atomic E-state index is 12.8. The minimum Gasteiger partial charge on any atom is -0.454 e. The summed E-state index contributed by atoms with van der Waals surface area (Å²) in [7, 11) is 0. The molecular formula is C24H21NO5. The molecule has 2 amide bonds. The summed E-state index contributed by atoms with van der Waals surface area (Å²) in [6.45, 7) is 1.58. The number of rotatable bonds is 5. The number of carbonyl (C=O) groups is 4. The highest BCUT2D eigenvalue weighted by Crippen LogP contribution is 2.40. The molecule has 1 aliphatic carbocycles. The summed E-state index contributed by atoms with van der Waals surface area (Å²) >= 11 is 0. The molecule has 0 spiro atoms. The fraction of sp³-hybridized carbons (Fsp3) is 0.250. The smallest absolute Gasteiger partial charge is 0.338 e. The highest BCUT2D eigenvalue weighted by Gasteiger charge is 2.50. The van der Waals surface area contributed by atoms with Crippen LogP contribution in [0.25, 0.3) is 0 Å². The number of hydrogen-bond donors (Lipinski definition) is 0. The normalized spacial score (nSPS) is 22.7. The first kappa shape index (κ1) is 19.8. The van der Waals surface area contributed by atoms with Crippen molar-refractivity contribution in [3.63, 3.8) is 0 Å². The van der Waals surface area contributed by atoms with E-state index in [1.807, 2.05) is 19.1 Å². The highest BCUT2D eigenvalue weighted by atomic mass is 16.5. The molecule has 4 rings (SSSR count). The van der Waals surface area contributed by atoms with Gasteiger partial charge in [0.15, 0.2) is 12.4 Å². The number of Topliss-reactive ketones (excluding diaryl/α,β-unsaturated/α-hetero) is 1. The van der Waals surface area contributed by atoms with Crippen molar-refractivity contribution in [3.8, 4) is 0 Å². The molecule has 3 atom stereocenters. The van der Waals surface area contributed by atoms with Gasteiger partial charge in [-0.1, -0.05) is 49.4 Å². The van der Waals surface area contributed by atoms with E-state index in [0.717, 1.165) is 0 Å². The first-order valence-electron chi connectivity index (χ1n) is 9.87. The van der Waals surface area contributed by atoms with Crippen LogP contribution >= 0.6 is 0 Å². The number of carbonyl (C=O) groups excluding carboxylic acids is 4. The molecule has 30 heavy (non-hydrogen) atoms. The molecule has 2 aromatic rings. The molecule has 1 aliphatic heterocycles. The topological polar surface area (TPSA) is 80.8 Å². The second-order valence-corrected chi connectivity index (χ2v) is 7.58. The van der Waals surface area contributed by atoms with E-state index in [2.05, 4.69) is 0 Å². The summed E-state index contributed by atoms with van der Waals surface area (Å²) in [5.41, 5.74) is 1.14. The standard InChI is InChI=1S/C24H21NO5/c1-15-6-5-9-19-21(15)23(28)25(22(19)27)18-12-10-17(11-13-18)24(29)30-14-20(26)16-7-3-2-4-8-16/h2-8,10-13,15,19,21H,9,14H2,1H3/t15-,19-,21-/m1/s1. The number of amides is 2. The molecular weight excluding hydrogens is 382 g/mol. The Morgan fingerprint density at radius 1 is 0.967 bits per heavy atom. The van der Waals surface area contributed by atoms with Crippen LogP contribution in [0.1, 0.15) is 34.1 Å². The Balaban J connectivity index is 1.43. The van der Waals surface area contributed by atoms with Gasteiger partial charge in [-0.2, -0.15) is 0 Å². The first-order chi connectivity index (χ1) is 14.5. The second-order valence-electron chi connectivity index (χ2n) is 7.58. The van der Waals surface area contributed by atoms with Crippen molar-refractivity contribution < 1.29 is 23.9 Å². The number of ketones is 1. The van der Waals surface area contributed by atoms with Crippen LogP contribution in [0.4, 0.5) is 5.69 Å². The number of benzene rings is 2. The Morgan fingerprint density at radius 3 is 2.33 bits per heavy atom. The summed E-state index contributed by atoms with van der Waals surface area (Å²) in [4.78, 5) is 51.1. The number of allylic oxidation sites excluding steroid dienone is 2. The molecule has 0 N–H and O–H groups in total. The van der Waals surface area contributed by atoms with E-state index >= 15 is 0 Å². The van der Waals surface area contributed by atoms with Crippen molar-refractivity contribution in [1.29, 1.82) is 0 Å². The lowest BCUT2D eigenvalue weighted by Gasteiger charge is -2.22. The molecule has 6 nitrogen and oxygen atoms in total. The van der Waals surface area contributed by atoms with Crippen LogP contribution in [0.3, 0.4) is 0 Å². The van der Waals surface area contributed by atoms with Crippen molar-refractivity contribution >= 4 is 29.3 Å². The number of imide groups is 1. The van der Waals surface area contributed by atoms with E-state index in [0.29, 0.717) is 17.7 Å². The van der Waals surface area contributed by atoms with Gasteiger partial charge in [-0.15, -0.1) is 0 Å². The van der Waals surface area contributed by atoms with Gasteiger partial charge >= 0.3 is 5.97 Å². The number of fused-ring (bicyclic) bond motifs is 1. The number of hydrogen-bond acceptors (Lipinski definition) is 5. The van der Waals surface area contributed by atoms with E-state index in [4.69, 9.17) is 4.74 Å². The summed E-state index contributed by atoms with van der Waals surface area (Å²) in [5.74, 6) is -1.99. The average molecular weight is 403 g/mol. The number of anilines is 1. The van der Waals surface area contributed by atoms with Crippen molar-refractivity contribution in [2.75, 3.05) is 11.5 Å². The SMILES string of the molecule is C[C@@H]1C=CC[C@H]2C(=O)N(c3ccc(C(=O)OCC(=O)c4ccccc4)cc3)C(=O)[C@H]12. The molecule has 1 heterocycles. The monoisotopic (exact) mass is 403 g/mol. The minimum atomic E-state index is -0.642. The number of ether oxygens (including phenoxy) is 1. The Kier molecular flexibility index (Phi) is 5.31. The molecule has 0 unspecified atom stereocenters. The van der Waals surface area contributed by atoms with E-state index in [-0.39, 0.29) is 47.5 Å². The Hall–Kier alpha value is -3.54. The van der Waals surface area contributed by atoms with Crippen LogP contribution in [0.2, 0.25) is 0 Å². The maximum Gasteiger partial charge on any atom is 0.338 e. The van der Waals surface area contributed by atoms with Crippen LogP contribution in [-0.4, -0.2) is 30.2 Å². The van der Waals surface area contributed by atoms with E-state index in [9.17, 15) is 19.2 Å².